The molecular formula is H3AlKMoO8PS2Si. The van der Waals surface area contributed by atoms with Gasteiger partial charge >= 0.3 is 111 Å². The molecule has 15 heteroatoms. The fourth-order valence-electron chi connectivity index (χ4n) is 0. The van der Waals surface area contributed by atoms with Gasteiger partial charge in [0.2, 0.25) is 0 Å². The van der Waals surface area contributed by atoms with Gasteiger partial charge < -0.3 is 42.9 Å². The van der Waals surface area contributed by atoms with Crippen LogP contribution in [0.1, 0.15) is 0 Å². The Hall–Kier alpha value is 3.46. The van der Waals surface area contributed by atoms with E-state index < -0.39 is 16.9 Å². The molecule has 0 atom stereocenters. The SMILES string of the molecule is O=P(O)(O)O.[Al+3].[K+].[O-][Si]([O-])([O-])[O-].[S]=[Mo]=[S]. The molecule has 0 saturated heterocycles. The van der Waals surface area contributed by atoms with Gasteiger partial charge in [0.1, 0.15) is 0 Å². The van der Waals surface area contributed by atoms with Gasteiger partial charge in [-0.3, -0.25) is 0 Å². The van der Waals surface area contributed by atoms with Crippen molar-refractivity contribution in [1.29, 1.82) is 0 Å². The second-order valence-electron chi connectivity index (χ2n) is 1.08. The predicted molar refractivity (Wildman–Crippen MR) is 41.0 cm³/mol. The molecule has 0 aromatic carbocycles. The van der Waals surface area contributed by atoms with E-state index >= 15 is 0 Å². The van der Waals surface area contributed by atoms with Crippen LogP contribution in [0.25, 0.3) is 0 Å². The summed E-state index contributed by atoms with van der Waals surface area (Å²) in [5.74, 6) is 0. The Kier molecular flexibility index (Phi) is 36.2. The van der Waals surface area contributed by atoms with E-state index in [2.05, 4.69) is 19.6 Å². The van der Waals surface area contributed by atoms with E-state index in [0.29, 0.717) is 0 Å². The first kappa shape index (κ1) is 31.1. The monoisotopic (exact) mass is 418 g/mol. The van der Waals surface area contributed by atoms with E-state index in [0.717, 1.165) is 0 Å². The van der Waals surface area contributed by atoms with Gasteiger partial charge in [-0.15, -0.1) is 0 Å². The fraction of sp³-hybridized carbons (Fsp3) is 0. The Labute approximate surface area is 155 Å². The van der Waals surface area contributed by atoms with Crippen molar-refractivity contribution in [3.05, 3.63) is 0 Å². The van der Waals surface area contributed by atoms with Crippen molar-refractivity contribution < 1.29 is 105 Å². The molecule has 0 bridgehead atoms. The summed E-state index contributed by atoms with van der Waals surface area (Å²) in [7, 11) is -1.57. The zero-order chi connectivity index (χ0) is 11.7. The van der Waals surface area contributed by atoms with Gasteiger partial charge in [0.25, 0.3) is 0 Å². The number of rotatable bonds is 0. The second kappa shape index (κ2) is 17.5. The molecular weight excluding hydrogens is 413 g/mol. The Bertz CT molecular complexity index is 183. The summed E-state index contributed by atoms with van der Waals surface area (Å²) in [6.45, 7) is 0. The molecule has 0 aliphatic carbocycles. The molecule has 3 N–H and O–H groups in total. The van der Waals surface area contributed by atoms with Crippen LogP contribution < -0.4 is 70.6 Å². The molecule has 15 heavy (non-hydrogen) atoms. The van der Waals surface area contributed by atoms with E-state index in [9.17, 15) is 0 Å². The van der Waals surface area contributed by atoms with E-state index in [-0.39, 0.29) is 83.7 Å². The van der Waals surface area contributed by atoms with E-state index in [1.165, 1.54) is 0 Å². The molecule has 0 amide bonds. The Morgan fingerprint density at radius 2 is 1.07 bits per heavy atom. The third-order valence-electron chi connectivity index (χ3n) is 0. The zero-order valence-corrected chi connectivity index (χ0v) is 16.9. The number of hydrogen-bond acceptors (Lipinski definition) is 7. The number of phosphoric acid groups is 1. The van der Waals surface area contributed by atoms with Crippen LogP contribution in [0.3, 0.4) is 0 Å². The molecule has 0 heterocycles. The van der Waals surface area contributed by atoms with Crippen molar-refractivity contribution in [1.82, 2.24) is 0 Å². The Morgan fingerprint density at radius 3 is 1.07 bits per heavy atom. The van der Waals surface area contributed by atoms with E-state index in [1.54, 1.807) is 0 Å². The maximum atomic E-state index is 8.88. The van der Waals surface area contributed by atoms with Gasteiger partial charge in [-0.25, -0.2) is 4.57 Å². The Morgan fingerprint density at radius 1 is 1.07 bits per heavy atom. The molecule has 0 rings (SSSR count). The first-order valence-electron chi connectivity index (χ1n) is 1.93. The van der Waals surface area contributed by atoms with E-state index in [4.69, 9.17) is 38.4 Å². The van der Waals surface area contributed by atoms with Crippen LogP contribution >= 0.6 is 27.5 Å². The van der Waals surface area contributed by atoms with Gasteiger partial charge in [0, 0.05) is 0 Å². The third-order valence-corrected chi connectivity index (χ3v) is 0. The van der Waals surface area contributed by atoms with Crippen LogP contribution in [0.4, 0.5) is 0 Å². The van der Waals surface area contributed by atoms with Gasteiger partial charge in [0.05, 0.1) is 0 Å². The van der Waals surface area contributed by atoms with Crippen molar-refractivity contribution in [2.24, 2.45) is 0 Å². The van der Waals surface area contributed by atoms with E-state index in [1.807, 2.05) is 0 Å². The van der Waals surface area contributed by atoms with Crippen LogP contribution in [0.15, 0.2) is 0 Å². The van der Waals surface area contributed by atoms with Crippen LogP contribution in [-0.4, -0.2) is 41.1 Å². The summed E-state index contributed by atoms with van der Waals surface area (Å²) in [4.78, 5) is 55.9. The van der Waals surface area contributed by atoms with Gasteiger partial charge in [-0.1, -0.05) is 0 Å². The molecule has 82 valence electrons. The third kappa shape index (κ3) is 348. The van der Waals surface area contributed by atoms with Crippen molar-refractivity contribution in [3.8, 4) is 0 Å². The predicted octanol–water partition coefficient (Wildman–Crippen LogP) is -8.15. The van der Waals surface area contributed by atoms with Gasteiger partial charge in [-0.2, -0.15) is 0 Å². The molecule has 0 saturated carbocycles. The maximum absolute atomic E-state index is 8.88. The molecule has 0 aliphatic rings. The normalized spacial score (nSPS) is 8.73. The molecule has 0 aromatic rings. The second-order valence-corrected chi connectivity index (χ2v) is 6.66. The van der Waals surface area contributed by atoms with Crippen LogP contribution in [0, 0.1) is 0 Å². The molecule has 0 aromatic heterocycles. The van der Waals surface area contributed by atoms with Crippen LogP contribution in [0.2, 0.25) is 0 Å². The Balaban J connectivity index is -0.0000000322. The topological polar surface area (TPSA) is 170 Å². The minimum absolute atomic E-state index is 0. The van der Waals surface area contributed by atoms with Crippen LogP contribution in [-0.2, 0) is 19.5 Å². The van der Waals surface area contributed by atoms with Crippen LogP contribution in [0.5, 0.6) is 0 Å². The van der Waals surface area contributed by atoms with Gasteiger partial charge in [-0.05, 0) is 0 Å². The summed E-state index contributed by atoms with van der Waals surface area (Å²) in [5, 5.41) is 0. The molecule has 0 aliphatic heterocycles. The average Bonchev–Trinajstić information content (AvgIpc) is 1.52. The van der Waals surface area contributed by atoms with Crippen molar-refractivity contribution in [2.45, 2.75) is 0 Å². The zero-order valence-electron chi connectivity index (χ0n) is 7.13. The summed E-state index contributed by atoms with van der Waals surface area (Å²) in [6.07, 6.45) is 0. The molecule has 8 nitrogen and oxygen atoms in total. The molecule has 0 radical (unpaired) electrons. The molecule has 0 spiro atoms. The van der Waals surface area contributed by atoms with Gasteiger partial charge in [0.15, 0.2) is 0 Å². The summed E-state index contributed by atoms with van der Waals surface area (Å²) < 4.78 is 8.88. The fourth-order valence-corrected chi connectivity index (χ4v) is 0. The summed E-state index contributed by atoms with van der Waals surface area (Å²) in [6, 6.07) is 0. The quantitative estimate of drug-likeness (QED) is 0.255. The van der Waals surface area contributed by atoms with Crippen molar-refractivity contribution in [2.75, 3.05) is 0 Å². The van der Waals surface area contributed by atoms with Crippen molar-refractivity contribution in [3.63, 3.8) is 0 Å². The number of hydrogen-bond donors (Lipinski definition) is 3. The first-order chi connectivity index (χ1) is 5.41. The first-order valence-corrected chi connectivity index (χ1v) is 10.7. The molecule has 0 unspecified atom stereocenters. The van der Waals surface area contributed by atoms with Crippen molar-refractivity contribution >= 4 is 53.9 Å². The minimum atomic E-state index is -5.61. The summed E-state index contributed by atoms with van der Waals surface area (Å²) in [5.41, 5.74) is 0. The molecule has 0 fully saturated rings. The standard InChI is InChI=1S/Al.K.Mo.H3O4P.O4Si.2S/c;;;2*1-5(2,3)4;;/h;;;(H3,1,2,3,4);;;/q+3;+1;;;-4;;. The average molecular weight is 416 g/mol. The summed E-state index contributed by atoms with van der Waals surface area (Å²) >= 11 is -0.363.